The second-order valence-corrected chi connectivity index (χ2v) is 10.5. The summed E-state index contributed by atoms with van der Waals surface area (Å²) in [4.78, 5) is 2.33. The van der Waals surface area contributed by atoms with Gasteiger partial charge in [-0.05, 0) is 58.6 Å². The highest BCUT2D eigenvalue weighted by atomic mass is 16.3. The van der Waals surface area contributed by atoms with E-state index in [9.17, 15) is 0 Å². The summed E-state index contributed by atoms with van der Waals surface area (Å²) in [6, 6.07) is 48.9. The van der Waals surface area contributed by atoms with E-state index in [1.807, 2.05) is 12.1 Å². The van der Waals surface area contributed by atoms with E-state index in [0.29, 0.717) is 0 Å². The predicted octanol–water partition coefficient (Wildman–Crippen LogP) is 11.3. The summed E-state index contributed by atoms with van der Waals surface area (Å²) < 4.78 is 12.8. The standard InChI is InChI=1S/C38H23NO2/c1-2-11-25(12-3-1)39(26-19-21-34-31(22-26)29-15-8-9-17-33(29)40-34)32-23-36-38(30-16-7-6-14-28(30)32)37-27-13-5-4-10-24(27)18-20-35(37)41-36/h1-23H. The van der Waals surface area contributed by atoms with Crippen molar-refractivity contribution < 1.29 is 8.83 Å². The number of hydrogen-bond acceptors (Lipinski definition) is 3. The van der Waals surface area contributed by atoms with Crippen LogP contribution in [-0.4, -0.2) is 0 Å². The molecule has 0 N–H and O–H groups in total. The Morgan fingerprint density at radius 1 is 0.366 bits per heavy atom. The molecule has 0 radical (unpaired) electrons. The molecule has 2 aromatic heterocycles. The molecule has 0 saturated carbocycles. The molecule has 3 heteroatoms. The molecule has 0 unspecified atom stereocenters. The molecule has 0 saturated heterocycles. The minimum Gasteiger partial charge on any atom is -0.456 e. The molecule has 0 amide bonds. The summed E-state index contributed by atoms with van der Waals surface area (Å²) in [6.45, 7) is 0. The van der Waals surface area contributed by atoms with Crippen LogP contribution in [0.5, 0.6) is 0 Å². The van der Waals surface area contributed by atoms with Crippen LogP contribution in [0.15, 0.2) is 148 Å². The smallest absolute Gasteiger partial charge is 0.138 e. The van der Waals surface area contributed by atoms with Crippen molar-refractivity contribution in [3.63, 3.8) is 0 Å². The summed E-state index contributed by atoms with van der Waals surface area (Å²) in [5.41, 5.74) is 6.75. The second kappa shape index (κ2) is 8.48. The van der Waals surface area contributed by atoms with Crippen molar-refractivity contribution in [1.82, 2.24) is 0 Å². The lowest BCUT2D eigenvalue weighted by atomic mass is 9.98. The lowest BCUT2D eigenvalue weighted by molar-refractivity contribution is 0.668. The van der Waals surface area contributed by atoms with Gasteiger partial charge in [-0.1, -0.05) is 91.0 Å². The maximum Gasteiger partial charge on any atom is 0.138 e. The van der Waals surface area contributed by atoms with E-state index in [2.05, 4.69) is 132 Å². The maximum absolute atomic E-state index is 6.61. The number of fused-ring (bicyclic) bond motifs is 10. The monoisotopic (exact) mass is 525 g/mol. The Balaban J connectivity index is 1.39. The van der Waals surface area contributed by atoms with E-state index in [4.69, 9.17) is 8.83 Å². The zero-order valence-electron chi connectivity index (χ0n) is 22.0. The van der Waals surface area contributed by atoms with Crippen LogP contribution in [0.3, 0.4) is 0 Å². The van der Waals surface area contributed by atoms with Crippen LogP contribution in [0.25, 0.3) is 65.4 Å². The summed E-state index contributed by atoms with van der Waals surface area (Å²) in [5, 5.41) is 9.28. The van der Waals surface area contributed by atoms with Crippen LogP contribution >= 0.6 is 0 Å². The van der Waals surface area contributed by atoms with Gasteiger partial charge in [0.1, 0.15) is 22.3 Å². The van der Waals surface area contributed by atoms with Crippen LogP contribution in [0, 0.1) is 0 Å². The quantitative estimate of drug-likeness (QED) is 0.230. The van der Waals surface area contributed by atoms with Crippen molar-refractivity contribution in [3.05, 3.63) is 140 Å². The second-order valence-electron chi connectivity index (χ2n) is 10.5. The molecular formula is C38H23NO2. The van der Waals surface area contributed by atoms with Gasteiger partial charge < -0.3 is 13.7 Å². The lowest BCUT2D eigenvalue weighted by Gasteiger charge is -2.27. The van der Waals surface area contributed by atoms with Crippen molar-refractivity contribution in [2.24, 2.45) is 0 Å². The van der Waals surface area contributed by atoms with E-state index in [1.54, 1.807) is 0 Å². The van der Waals surface area contributed by atoms with Gasteiger partial charge in [0, 0.05) is 44.4 Å². The molecule has 7 aromatic carbocycles. The zero-order valence-corrected chi connectivity index (χ0v) is 22.0. The fourth-order valence-corrected chi connectivity index (χ4v) is 6.43. The van der Waals surface area contributed by atoms with Crippen LogP contribution in [0.2, 0.25) is 0 Å². The Bertz CT molecular complexity index is 2430. The molecule has 2 heterocycles. The fourth-order valence-electron chi connectivity index (χ4n) is 6.43. The third kappa shape index (κ3) is 3.26. The summed E-state index contributed by atoms with van der Waals surface area (Å²) in [7, 11) is 0. The van der Waals surface area contributed by atoms with E-state index in [1.165, 1.54) is 21.5 Å². The highest BCUT2D eigenvalue weighted by Gasteiger charge is 2.21. The van der Waals surface area contributed by atoms with Gasteiger partial charge in [-0.3, -0.25) is 0 Å². The minimum atomic E-state index is 0.876. The molecule has 0 aliphatic rings. The van der Waals surface area contributed by atoms with E-state index < -0.39 is 0 Å². The Labute approximate surface area is 235 Å². The highest BCUT2D eigenvalue weighted by molar-refractivity contribution is 6.28. The molecule has 192 valence electrons. The van der Waals surface area contributed by atoms with Gasteiger partial charge in [-0.2, -0.15) is 0 Å². The molecule has 9 rings (SSSR count). The largest absolute Gasteiger partial charge is 0.456 e. The first-order chi connectivity index (χ1) is 20.3. The minimum absolute atomic E-state index is 0.876. The first-order valence-electron chi connectivity index (χ1n) is 13.9. The number of hydrogen-bond donors (Lipinski definition) is 0. The molecule has 0 aliphatic carbocycles. The third-order valence-corrected chi connectivity index (χ3v) is 8.22. The molecule has 0 bridgehead atoms. The molecular weight excluding hydrogens is 502 g/mol. The van der Waals surface area contributed by atoms with E-state index in [0.717, 1.165) is 60.9 Å². The van der Waals surface area contributed by atoms with Crippen LogP contribution in [-0.2, 0) is 0 Å². The van der Waals surface area contributed by atoms with Crippen molar-refractivity contribution in [2.75, 3.05) is 4.90 Å². The van der Waals surface area contributed by atoms with Crippen LogP contribution in [0.1, 0.15) is 0 Å². The topological polar surface area (TPSA) is 29.5 Å². The van der Waals surface area contributed by atoms with Crippen LogP contribution < -0.4 is 4.90 Å². The van der Waals surface area contributed by atoms with Gasteiger partial charge in [0.2, 0.25) is 0 Å². The highest BCUT2D eigenvalue weighted by Crippen LogP contribution is 2.46. The SMILES string of the molecule is c1ccc(N(c2ccc3oc4ccccc4c3c2)c2cc3oc4ccc5ccccc5c4c3c3ccccc23)cc1. The normalized spacial score (nSPS) is 11.9. The molecule has 9 aromatic rings. The Morgan fingerprint density at radius 2 is 1.00 bits per heavy atom. The van der Waals surface area contributed by atoms with Crippen molar-refractivity contribution in [2.45, 2.75) is 0 Å². The predicted molar refractivity (Wildman–Crippen MR) is 171 cm³/mol. The Hall–Kier alpha value is -5.54. The fraction of sp³-hybridized carbons (Fsp3) is 0. The number of para-hydroxylation sites is 2. The Morgan fingerprint density at radius 3 is 1.88 bits per heavy atom. The summed E-state index contributed by atoms with van der Waals surface area (Å²) >= 11 is 0. The summed E-state index contributed by atoms with van der Waals surface area (Å²) in [6.07, 6.45) is 0. The number of furan rings is 2. The average Bonchev–Trinajstić information content (AvgIpc) is 3.60. The third-order valence-electron chi connectivity index (χ3n) is 8.22. The lowest BCUT2D eigenvalue weighted by Crippen LogP contribution is -2.10. The Kier molecular flexibility index (Phi) is 4.61. The molecule has 0 spiro atoms. The van der Waals surface area contributed by atoms with Crippen molar-refractivity contribution >= 4 is 82.5 Å². The van der Waals surface area contributed by atoms with Crippen molar-refractivity contribution in [1.29, 1.82) is 0 Å². The first kappa shape index (κ1) is 22.3. The van der Waals surface area contributed by atoms with Crippen LogP contribution in [0.4, 0.5) is 17.1 Å². The van der Waals surface area contributed by atoms with Gasteiger partial charge in [-0.25, -0.2) is 0 Å². The average molecular weight is 526 g/mol. The zero-order chi connectivity index (χ0) is 26.9. The molecule has 3 nitrogen and oxygen atoms in total. The van der Waals surface area contributed by atoms with Gasteiger partial charge >= 0.3 is 0 Å². The number of anilines is 3. The van der Waals surface area contributed by atoms with Gasteiger partial charge in [0.05, 0.1) is 5.69 Å². The molecule has 0 aliphatic heterocycles. The molecule has 41 heavy (non-hydrogen) atoms. The maximum atomic E-state index is 6.61. The van der Waals surface area contributed by atoms with Gasteiger partial charge in [0.25, 0.3) is 0 Å². The van der Waals surface area contributed by atoms with Gasteiger partial charge in [0.15, 0.2) is 0 Å². The van der Waals surface area contributed by atoms with Gasteiger partial charge in [-0.15, -0.1) is 0 Å². The van der Waals surface area contributed by atoms with E-state index >= 15 is 0 Å². The molecule has 0 fully saturated rings. The number of benzene rings is 7. The van der Waals surface area contributed by atoms with E-state index in [-0.39, 0.29) is 0 Å². The first-order valence-corrected chi connectivity index (χ1v) is 13.9. The number of nitrogens with zero attached hydrogens (tertiary/aromatic N) is 1. The van der Waals surface area contributed by atoms with Crippen molar-refractivity contribution in [3.8, 4) is 0 Å². The summed E-state index contributed by atoms with van der Waals surface area (Å²) in [5.74, 6) is 0. The number of rotatable bonds is 3. The molecule has 0 atom stereocenters.